The van der Waals surface area contributed by atoms with Gasteiger partial charge in [0, 0.05) is 102 Å². The van der Waals surface area contributed by atoms with E-state index in [1.54, 1.807) is 0 Å². The van der Waals surface area contributed by atoms with Gasteiger partial charge in [-0.2, -0.15) is 0 Å². The number of halogens is 2. The third-order valence-electron chi connectivity index (χ3n) is 5.32. The molecule has 6 atom stereocenters. The van der Waals surface area contributed by atoms with Gasteiger partial charge in [0.15, 0.2) is 23.2 Å². The number of aliphatic hydroxyl groups is 2. The van der Waals surface area contributed by atoms with Gasteiger partial charge >= 0.3 is 23.0 Å². The fraction of sp³-hybridized carbons (Fsp3) is 0.667. The van der Waals surface area contributed by atoms with Crippen LogP contribution < -0.4 is 4.90 Å². The molecular formula is C15H24Br2N5Na3O12P3. The molecule has 1 fully saturated rings. The van der Waals surface area contributed by atoms with E-state index in [4.69, 9.17) is 4.74 Å². The van der Waals surface area contributed by atoms with Crippen LogP contribution in [0.3, 0.4) is 0 Å². The Morgan fingerprint density at radius 2 is 1.60 bits per heavy atom. The van der Waals surface area contributed by atoms with Gasteiger partial charge in [-0.15, -0.1) is 0 Å². The van der Waals surface area contributed by atoms with Gasteiger partial charge in [-0.1, -0.05) is 0 Å². The van der Waals surface area contributed by atoms with Gasteiger partial charge < -0.3 is 39.4 Å². The van der Waals surface area contributed by atoms with Crippen LogP contribution in [0.15, 0.2) is 12.7 Å². The van der Waals surface area contributed by atoms with Gasteiger partial charge in [0.25, 0.3) is 2.72 Å². The first kappa shape index (κ1) is 42.6. The molecule has 0 aliphatic carbocycles. The number of phosphoric ester groups is 1. The SMILES string of the molecule is CCN(CC)c1ncnc2c1ncn2[C@@H]1O[C@H](COP(=O)(O)OP(=O)(O)C(Br)(Br)P(=O)(O)O)[C@@H](O)[C@H]1O.[Na].[Na].[Na]. The number of imidazole rings is 1. The Bertz CT molecular complexity index is 1290. The molecule has 0 bridgehead atoms. The first-order valence-corrected chi connectivity index (χ1v) is 16.6. The zero-order valence-electron chi connectivity index (χ0n) is 22.1. The molecule has 1 aliphatic rings. The van der Waals surface area contributed by atoms with Crippen molar-refractivity contribution >= 4 is 161 Å². The Balaban J connectivity index is 0.00000507. The zero-order chi connectivity index (χ0) is 28.0. The number of aliphatic hydroxyl groups excluding tert-OH is 2. The molecule has 0 amide bonds. The molecule has 25 heteroatoms. The van der Waals surface area contributed by atoms with E-state index in [0.717, 1.165) is 0 Å². The number of rotatable bonds is 11. The maximum atomic E-state index is 12.2. The molecule has 40 heavy (non-hydrogen) atoms. The zero-order valence-corrected chi connectivity index (χ0v) is 33.9. The van der Waals surface area contributed by atoms with Crippen molar-refractivity contribution in [2.75, 3.05) is 24.6 Å². The molecular weight excluding hydrogens is 764 g/mol. The standard InChI is InChI=1S/C15H24Br2N5O12P3.3Na/c1-3-21(4-2)12-9-13(19-6-18-12)22(7-20-9)14-11(24)10(23)8(33-14)5-32-37(30,31)34-36(28,29)15(16,17)35(25,26)27;;;/h6-8,10-11,14,23-24H,3-5H2,1-2H3,(H,28,29)(H,30,31)(H2,25,26,27);;;/t8-,10-,11-,14-;;;/m1.../s1. The van der Waals surface area contributed by atoms with E-state index in [1.165, 1.54) is 17.2 Å². The van der Waals surface area contributed by atoms with Crippen molar-refractivity contribution in [2.45, 2.75) is 41.1 Å². The molecule has 0 saturated carbocycles. The van der Waals surface area contributed by atoms with Gasteiger partial charge in [0.1, 0.15) is 24.6 Å². The molecule has 2 unspecified atom stereocenters. The number of aromatic nitrogens is 4. The minimum absolute atomic E-state index is 0. The normalized spacial score (nSPS) is 24.2. The summed E-state index contributed by atoms with van der Waals surface area (Å²) in [5.74, 6) is 0.540. The molecule has 3 rings (SSSR count). The minimum Gasteiger partial charge on any atom is -0.387 e. The number of ether oxygens (including phenoxy) is 1. The van der Waals surface area contributed by atoms with E-state index in [2.05, 4.69) is 55.6 Å². The Morgan fingerprint density at radius 3 is 2.12 bits per heavy atom. The van der Waals surface area contributed by atoms with E-state index in [9.17, 15) is 43.5 Å². The Labute approximate surface area is 311 Å². The second kappa shape index (κ2) is 16.5. The van der Waals surface area contributed by atoms with E-state index in [0.29, 0.717) is 24.4 Å². The van der Waals surface area contributed by atoms with Crippen molar-refractivity contribution in [1.29, 1.82) is 0 Å². The number of fused-ring (bicyclic) bond motifs is 1. The quantitative estimate of drug-likeness (QED) is 0.100. The minimum atomic E-state index is -5.58. The van der Waals surface area contributed by atoms with Gasteiger partial charge in [-0.05, 0) is 45.7 Å². The van der Waals surface area contributed by atoms with Crippen molar-refractivity contribution < 1.29 is 57.1 Å². The summed E-state index contributed by atoms with van der Waals surface area (Å²) < 4.78 is 48.5. The Morgan fingerprint density at radius 1 is 1.02 bits per heavy atom. The van der Waals surface area contributed by atoms with Gasteiger partial charge in [-0.25, -0.2) is 23.8 Å². The van der Waals surface area contributed by atoms with Crippen molar-refractivity contribution in [2.24, 2.45) is 0 Å². The summed E-state index contributed by atoms with van der Waals surface area (Å²) in [5, 5.41) is 21.0. The third kappa shape index (κ3) is 9.13. The number of anilines is 1. The van der Waals surface area contributed by atoms with Crippen LogP contribution in [-0.4, -0.2) is 179 Å². The predicted molar refractivity (Wildman–Crippen MR) is 151 cm³/mol. The summed E-state index contributed by atoms with van der Waals surface area (Å²) in [4.78, 5) is 52.8. The number of hydrogen-bond acceptors (Lipinski definition) is 12. The fourth-order valence-electron chi connectivity index (χ4n) is 3.42. The summed E-state index contributed by atoms with van der Waals surface area (Å²) in [6.45, 7) is 4.21. The molecule has 2 aromatic rings. The second-order valence-corrected chi connectivity index (χ2v) is 19.2. The fourth-order valence-corrected chi connectivity index (χ4v) is 8.27. The van der Waals surface area contributed by atoms with Crippen LogP contribution >= 0.6 is 54.9 Å². The number of phosphoric acid groups is 1. The maximum Gasteiger partial charge on any atom is 0.479 e. The number of nitrogens with zero attached hydrogens (tertiary/aromatic N) is 5. The Hall–Kier alpha value is 2.64. The average molecular weight is 788 g/mol. The second-order valence-electron chi connectivity index (χ2n) is 7.66. The smallest absolute Gasteiger partial charge is 0.387 e. The number of alkyl halides is 2. The number of hydrogen-bond donors (Lipinski definition) is 6. The first-order valence-electron chi connectivity index (χ1n) is 10.4. The van der Waals surface area contributed by atoms with Crippen LogP contribution in [0.25, 0.3) is 11.2 Å². The van der Waals surface area contributed by atoms with E-state index in [1.807, 2.05) is 18.7 Å². The molecule has 17 nitrogen and oxygen atoms in total. The van der Waals surface area contributed by atoms with Crippen LogP contribution in [0.2, 0.25) is 0 Å². The first-order chi connectivity index (χ1) is 17.0. The van der Waals surface area contributed by atoms with E-state index in [-0.39, 0.29) is 94.3 Å². The molecule has 0 aromatic carbocycles. The molecule has 213 valence electrons. The van der Waals surface area contributed by atoms with Crippen molar-refractivity contribution in [1.82, 2.24) is 19.5 Å². The molecule has 6 N–H and O–H groups in total. The van der Waals surface area contributed by atoms with Crippen molar-refractivity contribution in [3.63, 3.8) is 0 Å². The van der Waals surface area contributed by atoms with Crippen LogP contribution in [0, 0.1) is 0 Å². The largest absolute Gasteiger partial charge is 0.479 e. The average Bonchev–Trinajstić information content (AvgIpc) is 3.33. The predicted octanol–water partition coefficient (Wildman–Crippen LogP) is 0.0471. The molecule has 2 aromatic heterocycles. The molecule has 0 spiro atoms. The summed E-state index contributed by atoms with van der Waals surface area (Å²) in [5.41, 5.74) is 0.678. The molecule has 3 heterocycles. The maximum absolute atomic E-state index is 12.2. The van der Waals surface area contributed by atoms with Crippen LogP contribution in [0.5, 0.6) is 0 Å². The van der Waals surface area contributed by atoms with Crippen molar-refractivity contribution in [3.8, 4) is 0 Å². The molecule has 1 saturated heterocycles. The van der Waals surface area contributed by atoms with Crippen molar-refractivity contribution in [3.05, 3.63) is 12.7 Å². The van der Waals surface area contributed by atoms with Crippen LogP contribution in [-0.2, 0) is 27.3 Å². The molecule has 3 radical (unpaired) electrons. The summed E-state index contributed by atoms with van der Waals surface area (Å²) in [6, 6.07) is 0. The van der Waals surface area contributed by atoms with Crippen LogP contribution in [0.4, 0.5) is 5.82 Å². The summed E-state index contributed by atoms with van der Waals surface area (Å²) in [6.07, 6.45) is -3.33. The van der Waals surface area contributed by atoms with Crippen LogP contribution in [0.1, 0.15) is 20.1 Å². The van der Waals surface area contributed by atoms with E-state index < -0.39 is 56.9 Å². The van der Waals surface area contributed by atoms with Gasteiger partial charge in [0.2, 0.25) is 0 Å². The third-order valence-corrected chi connectivity index (χ3v) is 15.9. The Kier molecular flexibility index (Phi) is 17.5. The summed E-state index contributed by atoms with van der Waals surface area (Å²) in [7, 11) is -16.4. The monoisotopic (exact) mass is 786 g/mol. The molecule has 1 aliphatic heterocycles. The summed E-state index contributed by atoms with van der Waals surface area (Å²) >= 11 is 4.58. The topological polar surface area (TPSA) is 247 Å². The van der Waals surface area contributed by atoms with E-state index >= 15 is 0 Å². The van der Waals surface area contributed by atoms with Gasteiger partial charge in [-0.3, -0.25) is 18.2 Å². The van der Waals surface area contributed by atoms with Gasteiger partial charge in [0.05, 0.1) is 12.9 Å².